The summed E-state index contributed by atoms with van der Waals surface area (Å²) < 4.78 is 60.1. The molecule has 0 unspecified atom stereocenters. The van der Waals surface area contributed by atoms with Crippen LogP contribution in [0.1, 0.15) is 27.7 Å². The first-order chi connectivity index (χ1) is 15.5. The monoisotopic (exact) mass is 496 g/mol. The van der Waals surface area contributed by atoms with Crippen molar-refractivity contribution in [3.63, 3.8) is 0 Å². The van der Waals surface area contributed by atoms with Crippen molar-refractivity contribution in [3.8, 4) is 5.75 Å². The minimum atomic E-state index is -3.74. The van der Waals surface area contributed by atoms with Gasteiger partial charge in [-0.05, 0) is 44.2 Å². The Morgan fingerprint density at radius 2 is 1.94 bits per heavy atom. The van der Waals surface area contributed by atoms with Crippen molar-refractivity contribution in [2.45, 2.75) is 38.7 Å². The molecule has 0 fully saturated rings. The number of amidine groups is 1. The minimum Gasteiger partial charge on any atom is -0.489 e. The number of sulfonamides is 2. The smallest absolute Gasteiger partial charge is 0.257 e. The van der Waals surface area contributed by atoms with Gasteiger partial charge in [-0.15, -0.1) is 4.40 Å². The highest BCUT2D eigenvalue weighted by Gasteiger charge is 2.27. The molecule has 1 amide bonds. The predicted molar refractivity (Wildman–Crippen MR) is 126 cm³/mol. The molecule has 0 saturated heterocycles. The van der Waals surface area contributed by atoms with Gasteiger partial charge in [0.2, 0.25) is 10.0 Å². The van der Waals surface area contributed by atoms with Crippen LogP contribution in [0.15, 0.2) is 51.4 Å². The van der Waals surface area contributed by atoms with E-state index >= 15 is 0 Å². The third kappa shape index (κ3) is 5.63. The summed E-state index contributed by atoms with van der Waals surface area (Å²) in [6.07, 6.45) is 4.24. The summed E-state index contributed by atoms with van der Waals surface area (Å²) in [5.41, 5.74) is 0.484. The number of amides is 1. The lowest BCUT2D eigenvalue weighted by Crippen LogP contribution is -2.37. The number of fused-ring (bicyclic) bond motifs is 1. The van der Waals surface area contributed by atoms with E-state index in [4.69, 9.17) is 4.74 Å². The van der Waals surface area contributed by atoms with Gasteiger partial charge < -0.3 is 15.0 Å². The Morgan fingerprint density at radius 1 is 1.24 bits per heavy atom. The second-order valence-corrected chi connectivity index (χ2v) is 11.4. The van der Waals surface area contributed by atoms with E-state index in [1.807, 2.05) is 13.8 Å². The van der Waals surface area contributed by atoms with Crippen LogP contribution in [-0.4, -0.2) is 69.3 Å². The molecule has 0 saturated carbocycles. The van der Waals surface area contributed by atoms with Gasteiger partial charge in [-0.3, -0.25) is 4.79 Å². The molecule has 0 radical (unpaired) electrons. The molecule has 0 spiro atoms. The Hall–Kier alpha value is -2.70. The number of nitrogens with zero attached hydrogens (tertiary/aromatic N) is 3. The molecule has 1 aromatic rings. The third-order valence-corrected chi connectivity index (χ3v) is 8.20. The van der Waals surface area contributed by atoms with Crippen molar-refractivity contribution in [1.29, 1.82) is 0 Å². The maximum absolute atomic E-state index is 13.0. The highest BCUT2D eigenvalue weighted by atomic mass is 32.2. The lowest BCUT2D eigenvalue weighted by molar-refractivity contribution is -0.112. The summed E-state index contributed by atoms with van der Waals surface area (Å²) in [6.45, 7) is 7.97. The van der Waals surface area contributed by atoms with E-state index in [1.54, 1.807) is 18.7 Å². The molecule has 12 heteroatoms. The fraction of sp³-hybridized carbons (Fsp3) is 0.429. The molecule has 1 N–H and O–H groups in total. The van der Waals surface area contributed by atoms with Crippen LogP contribution < -0.4 is 10.1 Å². The average Bonchev–Trinajstić information content (AvgIpc) is 2.74. The summed E-state index contributed by atoms with van der Waals surface area (Å²) in [7, 11) is -7.24. The molecule has 180 valence electrons. The Morgan fingerprint density at radius 3 is 2.58 bits per heavy atom. The fourth-order valence-electron chi connectivity index (χ4n) is 3.37. The zero-order valence-electron chi connectivity index (χ0n) is 19.0. The first kappa shape index (κ1) is 24.9. The molecule has 10 nitrogen and oxygen atoms in total. The van der Waals surface area contributed by atoms with Crippen molar-refractivity contribution in [2.24, 2.45) is 4.40 Å². The molecule has 0 atom stereocenters. The lowest BCUT2D eigenvalue weighted by Gasteiger charge is -2.27. The van der Waals surface area contributed by atoms with E-state index in [9.17, 15) is 21.6 Å². The number of benzene rings is 1. The summed E-state index contributed by atoms with van der Waals surface area (Å²) >= 11 is 0. The van der Waals surface area contributed by atoms with E-state index < -0.39 is 26.0 Å². The number of hydrogen-bond acceptors (Lipinski definition) is 7. The van der Waals surface area contributed by atoms with E-state index in [1.165, 1.54) is 40.9 Å². The fourth-order valence-corrected chi connectivity index (χ4v) is 5.82. The van der Waals surface area contributed by atoms with Gasteiger partial charge in [0.05, 0.1) is 28.0 Å². The molecule has 33 heavy (non-hydrogen) atoms. The number of carbonyl (C=O) groups is 1. The Labute approximate surface area is 194 Å². The van der Waals surface area contributed by atoms with Crippen molar-refractivity contribution < 1.29 is 26.4 Å². The molecule has 0 aliphatic carbocycles. The van der Waals surface area contributed by atoms with Gasteiger partial charge in [-0.25, -0.2) is 16.8 Å². The minimum absolute atomic E-state index is 0.0430. The standard InChI is InChI=1S/C21H28N4O6S2/c1-5-25(6-2)33(29,30)17-8-9-19(31-15(3)4)18(13-17)22-21(26)16-7-10-20-23-32(27,28)12-11-24(20)14-16/h7-10,13-15H,5-6,11-12H2,1-4H3,(H,22,26). The van der Waals surface area contributed by atoms with Crippen LogP contribution in [0.25, 0.3) is 0 Å². The van der Waals surface area contributed by atoms with Gasteiger partial charge in [0.25, 0.3) is 15.9 Å². The molecule has 2 aliphatic rings. The normalized spacial score (nSPS) is 17.5. The molecular formula is C21H28N4O6S2. The summed E-state index contributed by atoms with van der Waals surface area (Å²) in [6, 6.07) is 4.37. The van der Waals surface area contributed by atoms with Crippen LogP contribution in [0.2, 0.25) is 0 Å². The topological polar surface area (TPSA) is 125 Å². The van der Waals surface area contributed by atoms with Crippen LogP contribution in [0.5, 0.6) is 5.75 Å². The highest BCUT2D eigenvalue weighted by Crippen LogP contribution is 2.31. The number of ether oxygens (including phenoxy) is 1. The highest BCUT2D eigenvalue weighted by molar-refractivity contribution is 7.90. The predicted octanol–water partition coefficient (Wildman–Crippen LogP) is 1.94. The first-order valence-corrected chi connectivity index (χ1v) is 13.6. The number of anilines is 1. The molecule has 2 aliphatic heterocycles. The van der Waals surface area contributed by atoms with E-state index in [0.29, 0.717) is 18.8 Å². The maximum atomic E-state index is 13.0. The molecule has 0 aromatic heterocycles. The number of rotatable bonds is 8. The third-order valence-electron chi connectivity index (χ3n) is 4.99. The SMILES string of the molecule is CCN(CC)S(=O)(=O)c1ccc(OC(C)C)c(NC(=O)C2=CN3CCS(=O)(=O)N=C3C=C2)c1. The summed E-state index contributed by atoms with van der Waals surface area (Å²) in [5.74, 6) is -0.0601. The Balaban J connectivity index is 1.92. The van der Waals surface area contributed by atoms with E-state index in [0.717, 1.165) is 0 Å². The lowest BCUT2D eigenvalue weighted by atomic mass is 10.1. The molecule has 2 heterocycles. The summed E-state index contributed by atoms with van der Waals surface area (Å²) in [4.78, 5) is 14.6. The van der Waals surface area contributed by atoms with Crippen LogP contribution in [-0.2, 0) is 24.8 Å². The van der Waals surface area contributed by atoms with E-state index in [2.05, 4.69) is 9.71 Å². The molecule has 0 bridgehead atoms. The second-order valence-electron chi connectivity index (χ2n) is 7.71. The number of nitrogens with one attached hydrogen (secondary N) is 1. The van der Waals surface area contributed by atoms with Gasteiger partial charge in [0, 0.05) is 25.8 Å². The number of carbonyl (C=O) groups excluding carboxylic acids is 1. The summed E-state index contributed by atoms with van der Waals surface area (Å²) in [5, 5.41) is 2.73. The van der Waals surface area contributed by atoms with Crippen molar-refractivity contribution in [1.82, 2.24) is 9.21 Å². The van der Waals surface area contributed by atoms with Crippen molar-refractivity contribution >= 4 is 37.5 Å². The molecule has 3 rings (SSSR count). The molecular weight excluding hydrogens is 468 g/mol. The van der Waals surface area contributed by atoms with Crippen molar-refractivity contribution in [3.05, 3.63) is 42.1 Å². The zero-order valence-corrected chi connectivity index (χ0v) is 20.6. The largest absolute Gasteiger partial charge is 0.489 e. The average molecular weight is 497 g/mol. The van der Waals surface area contributed by atoms with Gasteiger partial charge >= 0.3 is 0 Å². The van der Waals surface area contributed by atoms with Crippen LogP contribution in [0.3, 0.4) is 0 Å². The second kappa shape index (κ2) is 9.65. The van der Waals surface area contributed by atoms with Gasteiger partial charge in [0.1, 0.15) is 11.6 Å². The maximum Gasteiger partial charge on any atom is 0.257 e. The van der Waals surface area contributed by atoms with Gasteiger partial charge in [-0.1, -0.05) is 13.8 Å². The van der Waals surface area contributed by atoms with Gasteiger partial charge in [-0.2, -0.15) is 4.31 Å². The first-order valence-electron chi connectivity index (χ1n) is 10.6. The van der Waals surface area contributed by atoms with Crippen molar-refractivity contribution in [2.75, 3.05) is 30.7 Å². The van der Waals surface area contributed by atoms with Crippen LogP contribution in [0, 0.1) is 0 Å². The van der Waals surface area contributed by atoms with Gasteiger partial charge in [0.15, 0.2) is 0 Å². The van der Waals surface area contributed by atoms with Crippen LogP contribution in [0.4, 0.5) is 5.69 Å². The quantitative estimate of drug-likeness (QED) is 0.583. The van der Waals surface area contributed by atoms with E-state index in [-0.39, 0.29) is 40.4 Å². The Kier molecular flexibility index (Phi) is 7.29. The zero-order chi connectivity index (χ0) is 24.4. The molecule has 1 aromatic carbocycles. The Bertz CT molecular complexity index is 1230. The number of hydrogen-bond donors (Lipinski definition) is 1. The van der Waals surface area contributed by atoms with Crippen LogP contribution >= 0.6 is 0 Å².